The van der Waals surface area contributed by atoms with Crippen molar-refractivity contribution < 1.29 is 23.2 Å². The first-order chi connectivity index (χ1) is 11.0. The number of carbonyl (C=O) groups is 1. The van der Waals surface area contributed by atoms with Crippen LogP contribution in [0.4, 0.5) is 19.0 Å². The highest BCUT2D eigenvalue weighted by Gasteiger charge is 2.25. The highest BCUT2D eigenvalue weighted by molar-refractivity contribution is 5.90. The minimum atomic E-state index is -2.38. The molecule has 9 heteroatoms. The number of halogens is 3. The summed E-state index contributed by atoms with van der Waals surface area (Å²) >= 11 is 0. The lowest BCUT2D eigenvalue weighted by atomic mass is 10.2. The van der Waals surface area contributed by atoms with Gasteiger partial charge in [-0.05, 0) is 24.1 Å². The van der Waals surface area contributed by atoms with E-state index in [1.165, 1.54) is 23.8 Å². The fourth-order valence-electron chi connectivity index (χ4n) is 2.36. The van der Waals surface area contributed by atoms with E-state index in [1.807, 2.05) is 0 Å². The maximum Gasteiger partial charge on any atom is 0.267 e. The summed E-state index contributed by atoms with van der Waals surface area (Å²) in [7, 11) is 0. The number of hydrogen-bond acceptors (Lipinski definition) is 5. The van der Waals surface area contributed by atoms with Gasteiger partial charge in [-0.2, -0.15) is 0 Å². The van der Waals surface area contributed by atoms with Gasteiger partial charge in [0.1, 0.15) is 0 Å². The van der Waals surface area contributed by atoms with E-state index < -0.39 is 18.1 Å². The summed E-state index contributed by atoms with van der Waals surface area (Å²) in [5.41, 5.74) is 1.77. The summed E-state index contributed by atoms with van der Waals surface area (Å²) in [4.78, 5) is 16.4. The number of likely N-dealkylation sites (tertiary alicyclic amines) is 1. The Kier molecular flexibility index (Phi) is 5.94. The summed E-state index contributed by atoms with van der Waals surface area (Å²) in [6.07, 6.45) is 1.93. The molecule has 0 saturated carbocycles. The second-order valence-electron chi connectivity index (χ2n) is 5.19. The summed E-state index contributed by atoms with van der Waals surface area (Å²) in [6.45, 7) is 0.648. The molecule has 1 aromatic rings. The van der Waals surface area contributed by atoms with E-state index in [1.54, 1.807) is 4.90 Å². The molecule has 1 saturated heterocycles. The Bertz CT molecular complexity index is 583. The zero-order valence-corrected chi connectivity index (χ0v) is 12.2. The lowest BCUT2D eigenvalue weighted by Crippen LogP contribution is -2.30. The number of carbonyl (C=O) groups excluding carboxylic acids is 1. The third-order valence-electron chi connectivity index (χ3n) is 3.41. The molecule has 1 atom stereocenters. The number of pyridine rings is 1. The highest BCUT2D eigenvalue weighted by Crippen LogP contribution is 2.18. The first kappa shape index (κ1) is 17.2. The van der Waals surface area contributed by atoms with Crippen LogP contribution in [0.15, 0.2) is 18.3 Å². The highest BCUT2D eigenvalue weighted by atomic mass is 19.3. The van der Waals surface area contributed by atoms with Gasteiger partial charge in [-0.3, -0.25) is 14.9 Å². The molecule has 6 nitrogen and oxygen atoms in total. The number of hydrogen-bond donors (Lipinski definition) is 3. The Labute approximate surface area is 131 Å². The van der Waals surface area contributed by atoms with Gasteiger partial charge in [0, 0.05) is 31.4 Å². The van der Waals surface area contributed by atoms with Crippen molar-refractivity contribution in [2.24, 2.45) is 0 Å². The van der Waals surface area contributed by atoms with Crippen molar-refractivity contribution in [1.29, 1.82) is 0 Å². The normalized spacial score (nSPS) is 18.7. The van der Waals surface area contributed by atoms with Gasteiger partial charge < -0.3 is 5.32 Å². The number of aromatic nitrogens is 1. The van der Waals surface area contributed by atoms with Gasteiger partial charge in [0.25, 0.3) is 12.3 Å². The van der Waals surface area contributed by atoms with Crippen LogP contribution in [0, 0.1) is 5.82 Å². The van der Waals surface area contributed by atoms with Crippen LogP contribution in [0.2, 0.25) is 0 Å². The minimum Gasteiger partial charge on any atom is -0.364 e. The van der Waals surface area contributed by atoms with Crippen molar-refractivity contribution in [2.45, 2.75) is 18.9 Å². The Morgan fingerprint density at radius 1 is 1.57 bits per heavy atom. The van der Waals surface area contributed by atoms with Crippen LogP contribution in [0.1, 0.15) is 12.0 Å². The lowest BCUT2D eigenvalue weighted by molar-refractivity contribution is -0.124. The number of nitrogens with one attached hydrogen (secondary N) is 2. The van der Waals surface area contributed by atoms with Crippen molar-refractivity contribution in [3.8, 4) is 0 Å². The van der Waals surface area contributed by atoms with Gasteiger partial charge in [-0.25, -0.2) is 23.6 Å². The molecule has 1 aliphatic rings. The number of hydroxylamine groups is 1. The summed E-state index contributed by atoms with van der Waals surface area (Å²) in [6, 6.07) is 1.04. The minimum absolute atomic E-state index is 0.0395. The molecule has 0 unspecified atom stereocenters. The predicted molar refractivity (Wildman–Crippen MR) is 77.6 cm³/mol. The van der Waals surface area contributed by atoms with Gasteiger partial charge >= 0.3 is 0 Å². The third kappa shape index (κ3) is 5.22. The number of amides is 1. The molecule has 0 aliphatic carbocycles. The average molecular weight is 330 g/mol. The van der Waals surface area contributed by atoms with Crippen molar-refractivity contribution in [3.63, 3.8) is 0 Å². The lowest BCUT2D eigenvalue weighted by Gasteiger charge is -2.16. The van der Waals surface area contributed by atoms with E-state index in [-0.39, 0.29) is 18.4 Å². The molecule has 126 valence electrons. The predicted octanol–water partition coefficient (Wildman–Crippen LogP) is 1.49. The molecule has 2 rings (SSSR count). The molecular weight excluding hydrogens is 313 g/mol. The number of alkyl halides is 2. The smallest absolute Gasteiger partial charge is 0.267 e. The van der Waals surface area contributed by atoms with Crippen LogP contribution in [-0.4, -0.2) is 53.1 Å². The first-order valence-corrected chi connectivity index (χ1v) is 7.02. The van der Waals surface area contributed by atoms with Crippen molar-refractivity contribution in [2.75, 3.05) is 25.0 Å². The number of nitrogens with zero attached hydrogens (tertiary/aromatic N) is 2. The van der Waals surface area contributed by atoms with Gasteiger partial charge in [0.05, 0.1) is 6.54 Å². The second-order valence-corrected chi connectivity index (χ2v) is 5.19. The molecule has 1 aromatic heterocycles. The molecule has 0 radical (unpaired) electrons. The van der Waals surface area contributed by atoms with E-state index in [2.05, 4.69) is 10.3 Å². The monoisotopic (exact) mass is 330 g/mol. The quantitative estimate of drug-likeness (QED) is 0.418. The Hall–Kier alpha value is -2.13. The number of rotatable bonds is 6. The molecule has 1 fully saturated rings. The zero-order valence-electron chi connectivity index (χ0n) is 12.2. The molecule has 2 heterocycles. The van der Waals surface area contributed by atoms with Crippen LogP contribution in [0.25, 0.3) is 6.08 Å². The van der Waals surface area contributed by atoms with Gasteiger partial charge in [-0.15, -0.1) is 0 Å². The zero-order chi connectivity index (χ0) is 16.8. The molecular formula is C14H17F3N4O2. The SMILES string of the molecule is O=C(C=Cc1cnc(N[C@@H]2CCN(CC(F)F)C2)c(F)c1)NO. The third-order valence-corrected chi connectivity index (χ3v) is 3.41. The van der Waals surface area contributed by atoms with E-state index in [0.717, 1.165) is 6.08 Å². The Balaban J connectivity index is 1.94. The molecule has 3 N–H and O–H groups in total. The van der Waals surface area contributed by atoms with E-state index in [0.29, 0.717) is 25.1 Å². The average Bonchev–Trinajstić information content (AvgIpc) is 2.93. The number of anilines is 1. The van der Waals surface area contributed by atoms with E-state index in [9.17, 15) is 18.0 Å². The van der Waals surface area contributed by atoms with Crippen LogP contribution < -0.4 is 10.8 Å². The van der Waals surface area contributed by atoms with Crippen LogP contribution in [0.3, 0.4) is 0 Å². The van der Waals surface area contributed by atoms with Gasteiger partial charge in [0.2, 0.25) is 0 Å². The molecule has 23 heavy (non-hydrogen) atoms. The molecule has 0 aromatic carbocycles. The Morgan fingerprint density at radius 2 is 2.35 bits per heavy atom. The van der Waals surface area contributed by atoms with Gasteiger partial charge in [-0.1, -0.05) is 0 Å². The van der Waals surface area contributed by atoms with Gasteiger partial charge in [0.15, 0.2) is 11.6 Å². The van der Waals surface area contributed by atoms with Crippen LogP contribution in [-0.2, 0) is 4.79 Å². The van der Waals surface area contributed by atoms with Crippen molar-refractivity contribution >= 4 is 17.8 Å². The molecule has 0 spiro atoms. The standard InChI is InChI=1S/C14H17F3N4O2/c15-11-5-9(1-2-13(22)20-23)6-18-14(11)19-10-3-4-21(7-10)8-12(16)17/h1-2,5-6,10,12,23H,3-4,7-8H2,(H,18,19)(H,20,22)/t10-/m1/s1. The molecule has 1 amide bonds. The molecule has 1 aliphatic heterocycles. The second kappa shape index (κ2) is 7.93. The fraction of sp³-hybridized carbons (Fsp3) is 0.429. The summed E-state index contributed by atoms with van der Waals surface area (Å²) in [5, 5.41) is 11.2. The van der Waals surface area contributed by atoms with Crippen LogP contribution in [0.5, 0.6) is 0 Å². The summed E-state index contributed by atoms with van der Waals surface area (Å²) < 4.78 is 38.6. The fourth-order valence-corrected chi connectivity index (χ4v) is 2.36. The van der Waals surface area contributed by atoms with Crippen molar-refractivity contribution in [1.82, 2.24) is 15.4 Å². The Morgan fingerprint density at radius 3 is 3.00 bits per heavy atom. The van der Waals surface area contributed by atoms with E-state index in [4.69, 9.17) is 5.21 Å². The molecule has 0 bridgehead atoms. The first-order valence-electron chi connectivity index (χ1n) is 7.02. The van der Waals surface area contributed by atoms with E-state index >= 15 is 0 Å². The van der Waals surface area contributed by atoms with Crippen molar-refractivity contribution in [3.05, 3.63) is 29.7 Å². The van der Waals surface area contributed by atoms with Crippen LogP contribution >= 0.6 is 0 Å². The largest absolute Gasteiger partial charge is 0.364 e. The topological polar surface area (TPSA) is 77.5 Å². The maximum absolute atomic E-state index is 14.0. The maximum atomic E-state index is 14.0. The summed E-state index contributed by atoms with van der Waals surface area (Å²) in [5.74, 6) is -1.31.